The summed E-state index contributed by atoms with van der Waals surface area (Å²) >= 11 is 0. The van der Waals surface area contributed by atoms with Crippen LogP contribution >= 0.6 is 0 Å². The number of carbonyl (C=O) groups is 2. The third-order valence-corrected chi connectivity index (χ3v) is 9.05. The minimum Gasteiger partial charge on any atom is -0.382 e. The molecule has 0 radical (unpaired) electrons. The number of carbonyl (C=O) groups excluding carboxylic acids is 2. The van der Waals surface area contributed by atoms with Gasteiger partial charge in [0.05, 0.1) is 32.1 Å². The van der Waals surface area contributed by atoms with Gasteiger partial charge < -0.3 is 35.7 Å². The normalized spacial score (nSPS) is 20.5. The van der Waals surface area contributed by atoms with E-state index in [9.17, 15) is 9.59 Å². The first-order valence-corrected chi connectivity index (χ1v) is 15.7. The number of aromatic nitrogens is 4. The fourth-order valence-corrected chi connectivity index (χ4v) is 6.46. The summed E-state index contributed by atoms with van der Waals surface area (Å²) in [5.74, 6) is -1.58. The number of nitrogens with two attached hydrogens (primary N) is 2. The van der Waals surface area contributed by atoms with Gasteiger partial charge >= 0.3 is 0 Å². The maximum atomic E-state index is 14.0. The number of Topliss-reactive ketones (excluding diaryl/α,β-unsaturated/α-hetero) is 1. The summed E-state index contributed by atoms with van der Waals surface area (Å²) in [6, 6.07) is 19.9. The smallest absolute Gasteiger partial charge is 0.234 e. The predicted molar refractivity (Wildman–Crippen MR) is 177 cm³/mol. The molecule has 0 bridgehead atoms. The lowest BCUT2D eigenvalue weighted by Crippen LogP contribution is -2.48. The number of amides is 1. The van der Waals surface area contributed by atoms with Crippen LogP contribution in [0.25, 0.3) is 11.2 Å². The first-order chi connectivity index (χ1) is 23.3. The van der Waals surface area contributed by atoms with Crippen LogP contribution in [-0.2, 0) is 39.9 Å². The summed E-state index contributed by atoms with van der Waals surface area (Å²) in [5.41, 5.74) is 12.3. The molecule has 1 fully saturated rings. The minimum absolute atomic E-state index is 0.114. The number of nitrogen functional groups attached to an aromatic ring is 1. The van der Waals surface area contributed by atoms with Gasteiger partial charge in [-0.05, 0) is 29.2 Å². The van der Waals surface area contributed by atoms with Crippen LogP contribution < -0.4 is 16.8 Å². The lowest BCUT2D eigenvalue weighted by atomic mass is 9.77. The van der Waals surface area contributed by atoms with Gasteiger partial charge in [-0.2, -0.15) is 0 Å². The van der Waals surface area contributed by atoms with Crippen molar-refractivity contribution in [1.82, 2.24) is 24.8 Å². The van der Waals surface area contributed by atoms with Gasteiger partial charge in [-0.25, -0.2) is 15.0 Å². The lowest BCUT2D eigenvalue weighted by molar-refractivity contribution is -0.169. The largest absolute Gasteiger partial charge is 0.382 e. The van der Waals surface area contributed by atoms with Crippen molar-refractivity contribution >= 4 is 28.7 Å². The van der Waals surface area contributed by atoms with Crippen LogP contribution in [0.4, 0.5) is 5.82 Å². The first kappa shape index (κ1) is 33.1. The highest BCUT2D eigenvalue weighted by molar-refractivity contribution is 5.92. The van der Waals surface area contributed by atoms with Crippen molar-refractivity contribution in [1.29, 1.82) is 0 Å². The van der Waals surface area contributed by atoms with Gasteiger partial charge in [-0.15, -0.1) is 0 Å². The van der Waals surface area contributed by atoms with Crippen LogP contribution in [0.1, 0.15) is 30.4 Å². The Labute approximate surface area is 277 Å². The van der Waals surface area contributed by atoms with Crippen molar-refractivity contribution in [3.8, 4) is 0 Å². The van der Waals surface area contributed by atoms with Crippen molar-refractivity contribution in [2.75, 3.05) is 39.6 Å². The number of hydrogen-bond acceptors (Lipinski definition) is 11. The Kier molecular flexibility index (Phi) is 9.49. The van der Waals surface area contributed by atoms with Crippen molar-refractivity contribution < 1.29 is 28.5 Å². The van der Waals surface area contributed by atoms with E-state index >= 15 is 0 Å². The molecule has 3 heterocycles. The third-order valence-electron chi connectivity index (χ3n) is 9.05. The molecule has 48 heavy (non-hydrogen) atoms. The van der Waals surface area contributed by atoms with E-state index in [0.717, 1.165) is 16.7 Å². The zero-order valence-electron chi connectivity index (χ0n) is 26.9. The van der Waals surface area contributed by atoms with Crippen LogP contribution in [0.2, 0.25) is 0 Å². The molecule has 13 nitrogen and oxygen atoms in total. The number of methoxy groups -OCH3 is 2. The number of hydrogen-bond donors (Lipinski definition) is 3. The summed E-state index contributed by atoms with van der Waals surface area (Å²) in [7, 11) is 3.22. The standard InChI is InChI=1S/C35H39N7O6/c1-45-33(46-2)16-13-26(14-17-33)35(24-9-5-3-6-10-24,25-11-7-4-8-12-25)47-21-27-15-18-34(48-27,28(43)20-38-29(44)19-36)42-23-41-30-31(37)39-22-40-32(30)42/h3-14,16,22-23,27H,15,17-21,36H2,1-2H3,(H,38,44)(H2,37,39,40)/t27-,34-/m0/s1. The summed E-state index contributed by atoms with van der Waals surface area (Å²) < 4.78 is 26.7. The van der Waals surface area contributed by atoms with Gasteiger partial charge in [0.25, 0.3) is 0 Å². The van der Waals surface area contributed by atoms with Crippen molar-refractivity contribution in [2.24, 2.45) is 5.73 Å². The van der Waals surface area contributed by atoms with E-state index in [2.05, 4.69) is 26.3 Å². The number of ether oxygens (including phenoxy) is 4. The minimum atomic E-state index is -1.55. The average molecular weight is 654 g/mol. The molecular weight excluding hydrogens is 614 g/mol. The number of nitrogens with zero attached hydrogens (tertiary/aromatic N) is 4. The Bertz CT molecular complexity index is 1780. The van der Waals surface area contributed by atoms with Crippen LogP contribution in [-0.4, -0.2) is 77.0 Å². The van der Waals surface area contributed by atoms with Gasteiger partial charge in [-0.3, -0.25) is 14.2 Å². The summed E-state index contributed by atoms with van der Waals surface area (Å²) in [6.07, 6.45) is 9.37. The molecule has 2 aromatic carbocycles. The zero-order valence-corrected chi connectivity index (χ0v) is 26.9. The molecule has 0 unspecified atom stereocenters. The van der Waals surface area contributed by atoms with Gasteiger partial charge in [0, 0.05) is 27.1 Å². The fourth-order valence-electron chi connectivity index (χ4n) is 6.46. The van der Waals surface area contributed by atoms with E-state index in [0.29, 0.717) is 24.0 Å². The van der Waals surface area contributed by atoms with E-state index in [4.69, 9.17) is 30.4 Å². The number of benzene rings is 2. The van der Waals surface area contributed by atoms with Gasteiger partial charge in [0.15, 0.2) is 17.3 Å². The highest BCUT2D eigenvalue weighted by Gasteiger charge is 2.50. The van der Waals surface area contributed by atoms with Crippen molar-refractivity contribution in [3.05, 3.63) is 108 Å². The number of anilines is 1. The molecule has 4 aromatic rings. The molecule has 6 rings (SSSR count). The number of nitrogens with one attached hydrogen (secondary N) is 1. The molecule has 2 aliphatic rings. The molecule has 250 valence electrons. The Morgan fingerprint density at radius 1 is 1.04 bits per heavy atom. The number of rotatable bonds is 13. The Morgan fingerprint density at radius 3 is 2.33 bits per heavy atom. The second kappa shape index (κ2) is 13.7. The topological polar surface area (TPSA) is 179 Å². The number of fused-ring (bicyclic) bond motifs is 1. The highest BCUT2D eigenvalue weighted by atomic mass is 16.7. The maximum Gasteiger partial charge on any atom is 0.234 e. The molecule has 2 atom stereocenters. The molecule has 1 saturated heterocycles. The van der Waals surface area contributed by atoms with Crippen LogP contribution in [0.3, 0.4) is 0 Å². The molecule has 0 spiro atoms. The van der Waals surface area contributed by atoms with Crippen molar-refractivity contribution in [2.45, 2.75) is 42.5 Å². The summed E-state index contributed by atoms with van der Waals surface area (Å²) in [6.45, 7) is -0.445. The average Bonchev–Trinajstić information content (AvgIpc) is 3.78. The number of imidazole rings is 1. The quantitative estimate of drug-likeness (QED) is 0.181. The molecule has 1 aliphatic heterocycles. The number of ketones is 1. The Morgan fingerprint density at radius 2 is 1.73 bits per heavy atom. The molecule has 13 heteroatoms. The van der Waals surface area contributed by atoms with Gasteiger partial charge in [0.2, 0.25) is 17.4 Å². The molecule has 1 aliphatic carbocycles. The van der Waals surface area contributed by atoms with E-state index in [1.54, 1.807) is 18.8 Å². The van der Waals surface area contributed by atoms with Gasteiger partial charge in [-0.1, -0.05) is 72.8 Å². The summed E-state index contributed by atoms with van der Waals surface area (Å²) in [4.78, 5) is 38.8. The third kappa shape index (κ3) is 5.91. The van der Waals surface area contributed by atoms with Crippen LogP contribution in [0, 0.1) is 0 Å². The fraction of sp³-hybridized carbons (Fsp3) is 0.343. The van der Waals surface area contributed by atoms with Crippen LogP contribution in [0.15, 0.2) is 97.1 Å². The second-order valence-corrected chi connectivity index (χ2v) is 11.7. The Hall–Kier alpha value is -4.79. The van der Waals surface area contributed by atoms with Gasteiger partial charge in [0.1, 0.15) is 17.4 Å². The van der Waals surface area contributed by atoms with E-state index in [1.165, 1.54) is 12.7 Å². The lowest BCUT2D eigenvalue weighted by Gasteiger charge is -2.40. The van der Waals surface area contributed by atoms with E-state index < -0.39 is 34.9 Å². The second-order valence-electron chi connectivity index (χ2n) is 11.7. The summed E-state index contributed by atoms with van der Waals surface area (Å²) in [5, 5.41) is 2.58. The SMILES string of the molecule is COC1(OC)C=CC(C(OC[C@@H]2CC[C@](C(=O)CNC(=O)CN)(n3cnc4c(N)ncnc43)O2)(c2ccccc2)c2ccccc2)=CC1. The van der Waals surface area contributed by atoms with Crippen LogP contribution in [0.5, 0.6) is 0 Å². The molecule has 2 aromatic heterocycles. The van der Waals surface area contributed by atoms with E-state index in [-0.39, 0.29) is 31.9 Å². The Balaban J connectivity index is 1.37. The molecule has 0 saturated carbocycles. The zero-order chi connectivity index (χ0) is 33.8. The van der Waals surface area contributed by atoms with Crippen molar-refractivity contribution in [3.63, 3.8) is 0 Å². The molecular formula is C35H39N7O6. The van der Waals surface area contributed by atoms with E-state index in [1.807, 2.05) is 72.8 Å². The monoisotopic (exact) mass is 653 g/mol. The predicted octanol–water partition coefficient (Wildman–Crippen LogP) is 2.72. The highest BCUT2D eigenvalue weighted by Crippen LogP contribution is 2.45. The molecule has 5 N–H and O–H groups in total. The molecule has 1 amide bonds. The first-order valence-electron chi connectivity index (χ1n) is 15.7. The maximum absolute atomic E-state index is 14.0.